The summed E-state index contributed by atoms with van der Waals surface area (Å²) in [6.07, 6.45) is 1.64. The molecule has 1 atom stereocenters. The van der Waals surface area contributed by atoms with Crippen molar-refractivity contribution in [1.82, 2.24) is 14.9 Å². The van der Waals surface area contributed by atoms with Crippen LogP contribution in [0.2, 0.25) is 0 Å². The van der Waals surface area contributed by atoms with E-state index in [9.17, 15) is 4.79 Å². The monoisotopic (exact) mass is 282 g/mol. The van der Waals surface area contributed by atoms with Gasteiger partial charge in [-0.2, -0.15) is 0 Å². The quantitative estimate of drug-likeness (QED) is 0.866. The zero-order valence-electron chi connectivity index (χ0n) is 12.4. The molecule has 1 aromatic carbocycles. The van der Waals surface area contributed by atoms with Crippen molar-refractivity contribution in [2.75, 3.05) is 19.0 Å². The second-order valence-electron chi connectivity index (χ2n) is 5.44. The van der Waals surface area contributed by atoms with Crippen LogP contribution in [-0.4, -0.2) is 34.9 Å². The zero-order valence-corrected chi connectivity index (χ0v) is 12.4. The summed E-state index contributed by atoms with van der Waals surface area (Å²) in [6.45, 7) is 2.58. The lowest BCUT2D eigenvalue weighted by Crippen LogP contribution is -2.27. The van der Waals surface area contributed by atoms with Gasteiger partial charge in [-0.05, 0) is 12.5 Å². The number of rotatable bonds is 3. The molecule has 2 aromatic rings. The van der Waals surface area contributed by atoms with Gasteiger partial charge in [-0.3, -0.25) is 4.79 Å². The number of hydrogen-bond donors (Lipinski definition) is 0. The van der Waals surface area contributed by atoms with E-state index < -0.39 is 0 Å². The molecule has 3 rings (SSSR count). The highest BCUT2D eigenvalue weighted by Gasteiger charge is 2.33. The summed E-state index contributed by atoms with van der Waals surface area (Å²) in [4.78, 5) is 24.9. The largest absolute Gasteiger partial charge is 0.347 e. The molecule has 0 unspecified atom stereocenters. The molecule has 0 fully saturated rings. The first-order valence-corrected chi connectivity index (χ1v) is 6.97. The van der Waals surface area contributed by atoms with Crippen molar-refractivity contribution in [3.05, 3.63) is 53.3 Å². The Morgan fingerprint density at radius 1 is 1.24 bits per heavy atom. The Morgan fingerprint density at radius 3 is 2.62 bits per heavy atom. The maximum Gasteiger partial charge on any atom is 0.258 e. The minimum absolute atomic E-state index is 0.00617. The fraction of sp³-hybridized carbons (Fsp3) is 0.312. The third-order valence-electron chi connectivity index (χ3n) is 3.82. The van der Waals surface area contributed by atoms with E-state index >= 15 is 0 Å². The number of benzene rings is 1. The Morgan fingerprint density at radius 2 is 1.95 bits per heavy atom. The fourth-order valence-electron chi connectivity index (χ4n) is 2.53. The Balaban J connectivity index is 1.90. The first kappa shape index (κ1) is 13.5. The first-order chi connectivity index (χ1) is 10.1. The van der Waals surface area contributed by atoms with Crippen molar-refractivity contribution >= 4 is 11.9 Å². The highest BCUT2D eigenvalue weighted by Crippen LogP contribution is 2.30. The lowest BCUT2D eigenvalue weighted by molar-refractivity contribution is 0.0715. The first-order valence-electron chi connectivity index (χ1n) is 6.97. The summed E-state index contributed by atoms with van der Waals surface area (Å²) < 4.78 is 0. The number of amides is 1. The van der Waals surface area contributed by atoms with Gasteiger partial charge in [-0.15, -0.1) is 0 Å². The molecule has 0 saturated carbocycles. The van der Waals surface area contributed by atoms with Crippen molar-refractivity contribution in [3.63, 3.8) is 0 Å². The van der Waals surface area contributed by atoms with Crippen molar-refractivity contribution in [1.29, 1.82) is 0 Å². The standard InChI is InChI=1S/C16H18N4O/c1-11(12-7-5-4-6-8-12)20-10-14-13(15(20)21)9-17-16(18-14)19(2)3/h4-9,11H,10H2,1-3H3/t11-/m1/s1. The summed E-state index contributed by atoms with van der Waals surface area (Å²) in [5.74, 6) is 0.641. The van der Waals surface area contributed by atoms with Gasteiger partial charge in [-0.1, -0.05) is 30.3 Å². The highest BCUT2D eigenvalue weighted by atomic mass is 16.2. The van der Waals surface area contributed by atoms with Crippen LogP contribution >= 0.6 is 0 Å². The van der Waals surface area contributed by atoms with Gasteiger partial charge >= 0.3 is 0 Å². The number of fused-ring (bicyclic) bond motifs is 1. The van der Waals surface area contributed by atoms with E-state index in [0.29, 0.717) is 18.1 Å². The molecule has 0 aliphatic carbocycles. The number of carbonyl (C=O) groups is 1. The average Bonchev–Trinajstić information content (AvgIpc) is 2.84. The predicted octanol–water partition coefficient (Wildman–Crippen LogP) is 2.26. The minimum Gasteiger partial charge on any atom is -0.347 e. The van der Waals surface area contributed by atoms with E-state index in [4.69, 9.17) is 0 Å². The molecule has 0 spiro atoms. The van der Waals surface area contributed by atoms with Crippen LogP contribution in [0, 0.1) is 0 Å². The molecule has 2 heterocycles. The van der Waals surface area contributed by atoms with Gasteiger partial charge in [0, 0.05) is 20.3 Å². The molecule has 21 heavy (non-hydrogen) atoms. The molecular weight excluding hydrogens is 264 g/mol. The van der Waals surface area contributed by atoms with Gasteiger partial charge in [-0.25, -0.2) is 9.97 Å². The van der Waals surface area contributed by atoms with E-state index in [1.165, 1.54) is 0 Å². The van der Waals surface area contributed by atoms with Crippen molar-refractivity contribution < 1.29 is 4.79 Å². The molecule has 1 aliphatic heterocycles. The molecule has 1 aromatic heterocycles. The highest BCUT2D eigenvalue weighted by molar-refractivity contribution is 5.97. The molecular formula is C16H18N4O. The van der Waals surface area contributed by atoms with Gasteiger partial charge in [0.1, 0.15) is 0 Å². The van der Waals surface area contributed by atoms with Crippen LogP contribution in [0.5, 0.6) is 0 Å². The van der Waals surface area contributed by atoms with E-state index in [-0.39, 0.29) is 11.9 Å². The third kappa shape index (κ3) is 2.35. The average molecular weight is 282 g/mol. The van der Waals surface area contributed by atoms with Crippen LogP contribution in [0.3, 0.4) is 0 Å². The van der Waals surface area contributed by atoms with Crippen molar-refractivity contribution in [2.45, 2.75) is 19.5 Å². The van der Waals surface area contributed by atoms with Crippen LogP contribution < -0.4 is 4.90 Å². The summed E-state index contributed by atoms with van der Waals surface area (Å²) in [5.41, 5.74) is 2.55. The molecule has 0 bridgehead atoms. The normalized spacial score (nSPS) is 15.0. The Bertz CT molecular complexity index is 669. The summed E-state index contributed by atoms with van der Waals surface area (Å²) >= 11 is 0. The Labute approximate surface area is 124 Å². The minimum atomic E-state index is 0.00617. The van der Waals surface area contributed by atoms with E-state index in [1.807, 2.05) is 61.2 Å². The number of hydrogen-bond acceptors (Lipinski definition) is 4. The van der Waals surface area contributed by atoms with E-state index in [0.717, 1.165) is 11.3 Å². The lowest BCUT2D eigenvalue weighted by Gasteiger charge is -2.24. The summed E-state index contributed by atoms with van der Waals surface area (Å²) in [5, 5.41) is 0. The van der Waals surface area contributed by atoms with E-state index in [1.54, 1.807) is 6.20 Å². The third-order valence-corrected chi connectivity index (χ3v) is 3.82. The van der Waals surface area contributed by atoms with Crippen molar-refractivity contribution in [3.8, 4) is 0 Å². The number of nitrogens with zero attached hydrogens (tertiary/aromatic N) is 4. The number of aromatic nitrogens is 2. The molecule has 0 radical (unpaired) electrons. The number of anilines is 1. The van der Waals surface area contributed by atoms with Gasteiger partial charge in [0.05, 0.1) is 23.8 Å². The van der Waals surface area contributed by atoms with Crippen LogP contribution in [0.4, 0.5) is 5.95 Å². The summed E-state index contributed by atoms with van der Waals surface area (Å²) in [7, 11) is 3.78. The van der Waals surface area contributed by atoms with Gasteiger partial charge in [0.2, 0.25) is 5.95 Å². The maximum atomic E-state index is 12.5. The SMILES string of the molecule is C[C@H](c1ccccc1)N1Cc2nc(N(C)C)ncc2C1=O. The summed E-state index contributed by atoms with van der Waals surface area (Å²) in [6, 6.07) is 10.1. The smallest absolute Gasteiger partial charge is 0.258 e. The Kier molecular flexibility index (Phi) is 3.33. The fourth-order valence-corrected chi connectivity index (χ4v) is 2.53. The topological polar surface area (TPSA) is 49.3 Å². The predicted molar refractivity (Wildman–Crippen MR) is 81.1 cm³/mol. The molecule has 0 N–H and O–H groups in total. The maximum absolute atomic E-state index is 12.5. The van der Waals surface area contributed by atoms with Gasteiger partial charge in [0.15, 0.2) is 0 Å². The molecule has 108 valence electrons. The molecule has 1 amide bonds. The second-order valence-corrected chi connectivity index (χ2v) is 5.44. The van der Waals surface area contributed by atoms with Crippen LogP contribution in [0.25, 0.3) is 0 Å². The van der Waals surface area contributed by atoms with Crippen LogP contribution in [0.1, 0.15) is 34.6 Å². The zero-order chi connectivity index (χ0) is 15.0. The van der Waals surface area contributed by atoms with Gasteiger partial charge < -0.3 is 9.80 Å². The molecule has 1 aliphatic rings. The Hall–Kier alpha value is -2.43. The lowest BCUT2D eigenvalue weighted by atomic mass is 10.1. The van der Waals surface area contributed by atoms with Crippen molar-refractivity contribution in [2.24, 2.45) is 0 Å². The van der Waals surface area contributed by atoms with Crippen LogP contribution in [0.15, 0.2) is 36.5 Å². The van der Waals surface area contributed by atoms with Gasteiger partial charge in [0.25, 0.3) is 5.91 Å². The second kappa shape index (κ2) is 5.16. The molecule has 0 saturated heterocycles. The molecule has 5 nitrogen and oxygen atoms in total. The van der Waals surface area contributed by atoms with E-state index in [2.05, 4.69) is 9.97 Å². The molecule has 5 heteroatoms. The number of carbonyl (C=O) groups excluding carboxylic acids is 1. The van der Waals surface area contributed by atoms with Crippen LogP contribution in [-0.2, 0) is 6.54 Å².